The smallest absolute Gasteiger partial charge is 0.0110 e. The molecule has 0 bridgehead atoms. The van der Waals surface area contributed by atoms with Gasteiger partial charge in [0.2, 0.25) is 0 Å². The molecule has 1 heteroatoms. The van der Waals surface area contributed by atoms with E-state index in [1.807, 2.05) is 0 Å². The van der Waals surface area contributed by atoms with Gasteiger partial charge in [-0.3, -0.25) is 0 Å². The van der Waals surface area contributed by atoms with Crippen LogP contribution < -0.4 is 5.32 Å². The highest BCUT2D eigenvalue weighted by Gasteiger charge is 2.15. The molecular weight excluding hydrogens is 254 g/mol. The maximum absolute atomic E-state index is 3.77. The summed E-state index contributed by atoms with van der Waals surface area (Å²) in [6, 6.07) is 9.70. The molecule has 1 aromatic rings. The predicted molar refractivity (Wildman–Crippen MR) is 94.9 cm³/mol. The molecule has 0 fully saturated rings. The molecular formula is C20H35N. The second kappa shape index (κ2) is 10.8. The maximum Gasteiger partial charge on any atom is 0.0110 e. The number of aryl methyl sites for hydroxylation is 1. The summed E-state index contributed by atoms with van der Waals surface area (Å²) in [7, 11) is 0. The number of nitrogens with one attached hydrogen (secondary N) is 1. The molecule has 0 aliphatic heterocycles. The third kappa shape index (κ3) is 7.66. The fraction of sp³-hybridized carbons (Fsp3) is 0.700. The van der Waals surface area contributed by atoms with Gasteiger partial charge in [0, 0.05) is 6.04 Å². The zero-order valence-corrected chi connectivity index (χ0v) is 14.6. The summed E-state index contributed by atoms with van der Waals surface area (Å²) in [4.78, 5) is 0. The maximum atomic E-state index is 3.77. The van der Waals surface area contributed by atoms with E-state index in [0.717, 1.165) is 12.5 Å². The molecule has 1 N–H and O–H groups in total. The van der Waals surface area contributed by atoms with Gasteiger partial charge >= 0.3 is 0 Å². The second-order valence-electron chi connectivity index (χ2n) is 6.49. The topological polar surface area (TPSA) is 12.0 Å². The Bertz CT molecular complexity index is 355. The highest BCUT2D eigenvalue weighted by Crippen LogP contribution is 2.20. The van der Waals surface area contributed by atoms with Crippen molar-refractivity contribution in [1.82, 2.24) is 5.32 Å². The molecule has 0 aliphatic rings. The number of hydrogen-bond acceptors (Lipinski definition) is 1. The molecule has 120 valence electrons. The minimum absolute atomic E-state index is 0.634. The number of benzene rings is 1. The summed E-state index contributed by atoms with van der Waals surface area (Å²) >= 11 is 0. The third-order valence-corrected chi connectivity index (χ3v) is 4.45. The van der Waals surface area contributed by atoms with E-state index in [1.54, 1.807) is 0 Å². The zero-order chi connectivity index (χ0) is 15.5. The van der Waals surface area contributed by atoms with Crippen molar-refractivity contribution in [2.24, 2.45) is 5.92 Å². The monoisotopic (exact) mass is 289 g/mol. The molecule has 0 saturated heterocycles. The van der Waals surface area contributed by atoms with Gasteiger partial charge in [-0.25, -0.2) is 0 Å². The lowest BCUT2D eigenvalue weighted by Crippen LogP contribution is -2.33. The Balaban J connectivity index is 2.58. The van der Waals surface area contributed by atoms with Gasteiger partial charge in [-0.05, 0) is 44.2 Å². The normalized spacial score (nSPS) is 14.1. The first kappa shape index (κ1) is 18.2. The SMILES string of the molecule is CCCCC(CC)CC(Cc1ccc(C)cc1)NCCC. The molecule has 2 atom stereocenters. The van der Waals surface area contributed by atoms with Crippen LogP contribution in [0.1, 0.15) is 70.4 Å². The molecule has 0 aromatic heterocycles. The van der Waals surface area contributed by atoms with Crippen molar-refractivity contribution in [1.29, 1.82) is 0 Å². The van der Waals surface area contributed by atoms with Crippen LogP contribution >= 0.6 is 0 Å². The summed E-state index contributed by atoms with van der Waals surface area (Å²) in [5.41, 5.74) is 2.82. The molecule has 0 amide bonds. The van der Waals surface area contributed by atoms with Gasteiger partial charge in [0.25, 0.3) is 0 Å². The molecule has 1 nitrogen and oxygen atoms in total. The van der Waals surface area contributed by atoms with Crippen molar-refractivity contribution in [2.45, 2.75) is 78.7 Å². The van der Waals surface area contributed by atoms with E-state index in [9.17, 15) is 0 Å². The molecule has 21 heavy (non-hydrogen) atoms. The molecule has 0 spiro atoms. The van der Waals surface area contributed by atoms with E-state index in [4.69, 9.17) is 0 Å². The quantitative estimate of drug-likeness (QED) is 0.566. The van der Waals surface area contributed by atoms with Crippen molar-refractivity contribution >= 4 is 0 Å². The highest BCUT2D eigenvalue weighted by atomic mass is 14.9. The van der Waals surface area contributed by atoms with Crippen LogP contribution in [0.3, 0.4) is 0 Å². The lowest BCUT2D eigenvalue weighted by molar-refractivity contribution is 0.347. The van der Waals surface area contributed by atoms with Crippen molar-refractivity contribution in [2.75, 3.05) is 6.54 Å². The van der Waals surface area contributed by atoms with Crippen LogP contribution in [0.25, 0.3) is 0 Å². The third-order valence-electron chi connectivity index (χ3n) is 4.45. The van der Waals surface area contributed by atoms with Gasteiger partial charge in [-0.1, -0.05) is 76.3 Å². The van der Waals surface area contributed by atoms with Gasteiger partial charge in [0.1, 0.15) is 0 Å². The molecule has 0 radical (unpaired) electrons. The Kier molecular flexibility index (Phi) is 9.41. The molecule has 0 saturated carbocycles. The molecule has 1 aromatic carbocycles. The van der Waals surface area contributed by atoms with E-state index in [1.165, 1.54) is 56.1 Å². The first-order chi connectivity index (χ1) is 10.2. The Morgan fingerprint density at radius 2 is 1.71 bits per heavy atom. The Morgan fingerprint density at radius 3 is 2.29 bits per heavy atom. The molecule has 1 rings (SSSR count). The summed E-state index contributed by atoms with van der Waals surface area (Å²) in [5.74, 6) is 0.879. The number of hydrogen-bond donors (Lipinski definition) is 1. The van der Waals surface area contributed by atoms with Crippen molar-refractivity contribution in [3.8, 4) is 0 Å². The van der Waals surface area contributed by atoms with Gasteiger partial charge in [-0.2, -0.15) is 0 Å². The van der Waals surface area contributed by atoms with Gasteiger partial charge in [-0.15, -0.1) is 0 Å². The first-order valence-corrected chi connectivity index (χ1v) is 8.98. The van der Waals surface area contributed by atoms with Crippen LogP contribution in [0, 0.1) is 12.8 Å². The minimum Gasteiger partial charge on any atom is -0.314 e. The summed E-state index contributed by atoms with van der Waals surface area (Å²) < 4.78 is 0. The van der Waals surface area contributed by atoms with Gasteiger partial charge in [0.05, 0.1) is 0 Å². The van der Waals surface area contributed by atoms with Crippen LogP contribution in [0.5, 0.6) is 0 Å². The Morgan fingerprint density at radius 1 is 1.00 bits per heavy atom. The van der Waals surface area contributed by atoms with E-state index in [2.05, 4.69) is 57.3 Å². The van der Waals surface area contributed by atoms with Crippen LogP contribution in [-0.2, 0) is 6.42 Å². The van der Waals surface area contributed by atoms with E-state index in [-0.39, 0.29) is 0 Å². The fourth-order valence-corrected chi connectivity index (χ4v) is 2.98. The Labute approximate surface area is 132 Å². The van der Waals surface area contributed by atoms with Crippen LogP contribution in [-0.4, -0.2) is 12.6 Å². The van der Waals surface area contributed by atoms with Crippen molar-refractivity contribution in [3.63, 3.8) is 0 Å². The predicted octanol–water partition coefficient (Wildman–Crippen LogP) is 5.51. The van der Waals surface area contributed by atoms with E-state index >= 15 is 0 Å². The van der Waals surface area contributed by atoms with Crippen LogP contribution in [0.2, 0.25) is 0 Å². The highest BCUT2D eigenvalue weighted by molar-refractivity contribution is 5.22. The van der Waals surface area contributed by atoms with Crippen molar-refractivity contribution in [3.05, 3.63) is 35.4 Å². The second-order valence-corrected chi connectivity index (χ2v) is 6.49. The Hall–Kier alpha value is -0.820. The van der Waals surface area contributed by atoms with Crippen molar-refractivity contribution < 1.29 is 0 Å². The minimum atomic E-state index is 0.634. The summed E-state index contributed by atoms with van der Waals surface area (Å²) in [6.07, 6.45) is 9.12. The largest absolute Gasteiger partial charge is 0.314 e. The fourth-order valence-electron chi connectivity index (χ4n) is 2.98. The molecule has 0 heterocycles. The van der Waals surface area contributed by atoms with Crippen LogP contribution in [0.15, 0.2) is 24.3 Å². The summed E-state index contributed by atoms with van der Waals surface area (Å²) in [5, 5.41) is 3.77. The van der Waals surface area contributed by atoms with E-state index < -0.39 is 0 Å². The lowest BCUT2D eigenvalue weighted by Gasteiger charge is -2.24. The molecule has 0 aliphatic carbocycles. The summed E-state index contributed by atoms with van der Waals surface area (Å²) in [6.45, 7) is 10.2. The lowest BCUT2D eigenvalue weighted by atomic mass is 9.89. The van der Waals surface area contributed by atoms with Crippen LogP contribution in [0.4, 0.5) is 0 Å². The standard InChI is InChI=1S/C20H35N/c1-5-8-9-18(7-3)15-20(21-14-6-2)16-19-12-10-17(4)11-13-19/h10-13,18,20-21H,5-9,14-16H2,1-4H3. The average Bonchev–Trinajstić information content (AvgIpc) is 2.50. The number of unbranched alkanes of at least 4 members (excludes halogenated alkanes) is 1. The first-order valence-electron chi connectivity index (χ1n) is 8.98. The van der Waals surface area contributed by atoms with Gasteiger partial charge in [0.15, 0.2) is 0 Å². The van der Waals surface area contributed by atoms with E-state index in [0.29, 0.717) is 6.04 Å². The average molecular weight is 290 g/mol. The molecule has 2 unspecified atom stereocenters. The number of rotatable bonds is 11. The zero-order valence-electron chi connectivity index (χ0n) is 14.6. The van der Waals surface area contributed by atoms with Gasteiger partial charge < -0.3 is 5.32 Å².